The van der Waals surface area contributed by atoms with Crippen molar-refractivity contribution in [1.29, 1.82) is 0 Å². The Morgan fingerprint density at radius 3 is 2.56 bits per heavy atom. The minimum absolute atomic E-state index is 0.100. The Morgan fingerprint density at radius 2 is 2.00 bits per heavy atom. The monoisotopic (exact) mass is 269 g/mol. The summed E-state index contributed by atoms with van der Waals surface area (Å²) >= 11 is 1.51. The van der Waals surface area contributed by atoms with Crippen molar-refractivity contribution in [3.63, 3.8) is 0 Å². The molecular formula is C13H23N3OS. The van der Waals surface area contributed by atoms with Crippen molar-refractivity contribution in [1.82, 2.24) is 14.8 Å². The zero-order chi connectivity index (χ0) is 13.7. The van der Waals surface area contributed by atoms with E-state index in [9.17, 15) is 4.79 Å². The van der Waals surface area contributed by atoms with Gasteiger partial charge >= 0.3 is 0 Å². The Kier molecular flexibility index (Phi) is 5.75. The number of nitrogens with zero attached hydrogens (tertiary/aromatic N) is 3. The first-order valence-corrected chi connectivity index (χ1v) is 7.13. The third-order valence-electron chi connectivity index (χ3n) is 2.68. The Bertz CT molecular complexity index is 401. The zero-order valence-corrected chi connectivity index (χ0v) is 12.8. The highest BCUT2D eigenvalue weighted by molar-refractivity contribution is 7.13. The standard InChI is InChI=1S/C13H23N3OS/c1-6-7-8-16(5)13(17)12-10(2)14-11(18-12)9-15(3)4/h6-9H2,1-5H3. The molecule has 1 rings (SSSR count). The molecule has 18 heavy (non-hydrogen) atoms. The number of rotatable bonds is 6. The van der Waals surface area contributed by atoms with Crippen LogP contribution in [0.5, 0.6) is 0 Å². The molecule has 0 bridgehead atoms. The van der Waals surface area contributed by atoms with Gasteiger partial charge in [0.15, 0.2) is 0 Å². The van der Waals surface area contributed by atoms with E-state index in [0.29, 0.717) is 0 Å². The molecule has 1 aromatic heterocycles. The lowest BCUT2D eigenvalue weighted by Gasteiger charge is -2.15. The summed E-state index contributed by atoms with van der Waals surface area (Å²) in [7, 11) is 5.87. The summed E-state index contributed by atoms with van der Waals surface area (Å²) in [6.45, 7) is 5.65. The van der Waals surface area contributed by atoms with Gasteiger partial charge in [0.25, 0.3) is 5.91 Å². The first-order chi connectivity index (χ1) is 8.45. The zero-order valence-electron chi connectivity index (χ0n) is 12.0. The second-order valence-corrected chi connectivity index (χ2v) is 5.92. The molecule has 0 saturated heterocycles. The van der Waals surface area contributed by atoms with Crippen LogP contribution in [0.15, 0.2) is 0 Å². The van der Waals surface area contributed by atoms with E-state index in [1.165, 1.54) is 11.3 Å². The van der Waals surface area contributed by atoms with E-state index in [-0.39, 0.29) is 5.91 Å². The van der Waals surface area contributed by atoms with Gasteiger partial charge in [-0.2, -0.15) is 0 Å². The average molecular weight is 269 g/mol. The van der Waals surface area contributed by atoms with Crippen LogP contribution in [0.4, 0.5) is 0 Å². The van der Waals surface area contributed by atoms with Crippen LogP contribution in [0.2, 0.25) is 0 Å². The molecule has 1 heterocycles. The summed E-state index contributed by atoms with van der Waals surface area (Å²) in [5.41, 5.74) is 0.852. The van der Waals surface area contributed by atoms with Gasteiger partial charge < -0.3 is 9.80 Å². The van der Waals surface area contributed by atoms with Gasteiger partial charge in [-0.25, -0.2) is 4.98 Å². The van der Waals surface area contributed by atoms with Gasteiger partial charge in [0.2, 0.25) is 0 Å². The fraction of sp³-hybridized carbons (Fsp3) is 0.692. The maximum absolute atomic E-state index is 12.3. The Hall–Kier alpha value is -0.940. The van der Waals surface area contributed by atoms with Crippen LogP contribution >= 0.6 is 11.3 Å². The number of carbonyl (C=O) groups excluding carboxylic acids is 1. The molecule has 1 amide bonds. The van der Waals surface area contributed by atoms with Crippen molar-refractivity contribution >= 4 is 17.2 Å². The van der Waals surface area contributed by atoms with E-state index in [2.05, 4.69) is 16.8 Å². The third-order valence-corrected chi connectivity index (χ3v) is 3.81. The summed E-state index contributed by atoms with van der Waals surface area (Å²) in [6, 6.07) is 0. The number of unbranched alkanes of at least 4 members (excludes halogenated alkanes) is 1. The fourth-order valence-electron chi connectivity index (χ4n) is 1.66. The highest BCUT2D eigenvalue weighted by atomic mass is 32.1. The lowest BCUT2D eigenvalue weighted by molar-refractivity contribution is 0.0797. The van der Waals surface area contributed by atoms with Crippen LogP contribution in [0.25, 0.3) is 0 Å². The molecule has 1 aromatic rings. The van der Waals surface area contributed by atoms with E-state index in [4.69, 9.17) is 0 Å². The number of thiazole rings is 1. The van der Waals surface area contributed by atoms with Crippen molar-refractivity contribution in [2.75, 3.05) is 27.7 Å². The Labute approximate surface area is 114 Å². The predicted molar refractivity (Wildman–Crippen MR) is 76.1 cm³/mol. The average Bonchev–Trinajstić information content (AvgIpc) is 2.65. The molecular weight excluding hydrogens is 246 g/mol. The minimum atomic E-state index is 0.100. The van der Waals surface area contributed by atoms with Gasteiger partial charge in [-0.3, -0.25) is 4.79 Å². The summed E-state index contributed by atoms with van der Waals surface area (Å²) in [4.78, 5) is 21.4. The number of hydrogen-bond donors (Lipinski definition) is 0. The van der Waals surface area contributed by atoms with Crippen molar-refractivity contribution in [3.8, 4) is 0 Å². The van der Waals surface area contributed by atoms with E-state index >= 15 is 0 Å². The molecule has 0 aliphatic rings. The topological polar surface area (TPSA) is 36.4 Å². The number of amides is 1. The first kappa shape index (κ1) is 15.1. The second-order valence-electron chi connectivity index (χ2n) is 4.84. The molecule has 0 aromatic carbocycles. The largest absolute Gasteiger partial charge is 0.341 e. The first-order valence-electron chi connectivity index (χ1n) is 6.32. The van der Waals surface area contributed by atoms with Gasteiger partial charge in [-0.05, 0) is 27.4 Å². The molecule has 0 saturated carbocycles. The second kappa shape index (κ2) is 6.85. The van der Waals surface area contributed by atoms with E-state index in [1.807, 2.05) is 28.1 Å². The molecule has 0 aliphatic carbocycles. The molecule has 0 N–H and O–H groups in total. The van der Waals surface area contributed by atoms with E-state index < -0.39 is 0 Å². The molecule has 0 aliphatic heterocycles. The SMILES string of the molecule is CCCCN(C)C(=O)c1sc(CN(C)C)nc1C. The highest BCUT2D eigenvalue weighted by Gasteiger charge is 2.18. The maximum Gasteiger partial charge on any atom is 0.265 e. The van der Waals surface area contributed by atoms with Crippen LogP contribution < -0.4 is 0 Å². The lowest BCUT2D eigenvalue weighted by atomic mass is 10.3. The van der Waals surface area contributed by atoms with E-state index in [1.54, 1.807) is 4.90 Å². The van der Waals surface area contributed by atoms with Crippen molar-refractivity contribution in [2.24, 2.45) is 0 Å². The van der Waals surface area contributed by atoms with Gasteiger partial charge in [0, 0.05) is 20.1 Å². The van der Waals surface area contributed by atoms with Gasteiger partial charge in [-0.1, -0.05) is 13.3 Å². The Balaban J connectivity index is 2.76. The Morgan fingerprint density at radius 1 is 1.33 bits per heavy atom. The van der Waals surface area contributed by atoms with E-state index in [0.717, 1.165) is 41.5 Å². The summed E-state index contributed by atoms with van der Waals surface area (Å²) in [6.07, 6.45) is 2.15. The number of aryl methyl sites for hydroxylation is 1. The van der Waals surface area contributed by atoms with Crippen LogP contribution in [0.1, 0.15) is 40.1 Å². The van der Waals surface area contributed by atoms with Crippen LogP contribution in [-0.4, -0.2) is 48.4 Å². The fourth-order valence-corrected chi connectivity index (χ4v) is 2.84. The number of hydrogen-bond acceptors (Lipinski definition) is 4. The minimum Gasteiger partial charge on any atom is -0.341 e. The lowest BCUT2D eigenvalue weighted by Crippen LogP contribution is -2.27. The molecule has 0 fully saturated rings. The normalized spacial score (nSPS) is 11.0. The molecule has 0 unspecified atom stereocenters. The molecule has 0 radical (unpaired) electrons. The number of aromatic nitrogens is 1. The third kappa shape index (κ3) is 4.07. The summed E-state index contributed by atoms with van der Waals surface area (Å²) in [5.74, 6) is 0.100. The van der Waals surface area contributed by atoms with Gasteiger partial charge in [0.05, 0.1) is 5.69 Å². The van der Waals surface area contributed by atoms with Crippen LogP contribution in [-0.2, 0) is 6.54 Å². The molecule has 0 spiro atoms. The van der Waals surface area contributed by atoms with Crippen molar-refractivity contribution in [3.05, 3.63) is 15.6 Å². The van der Waals surface area contributed by atoms with Gasteiger partial charge in [-0.15, -0.1) is 11.3 Å². The summed E-state index contributed by atoms with van der Waals surface area (Å²) < 4.78 is 0. The molecule has 0 atom stereocenters. The smallest absolute Gasteiger partial charge is 0.265 e. The van der Waals surface area contributed by atoms with Crippen LogP contribution in [0, 0.1) is 6.92 Å². The predicted octanol–water partition coefficient (Wildman–Crippen LogP) is 2.39. The van der Waals surface area contributed by atoms with Crippen LogP contribution in [0.3, 0.4) is 0 Å². The molecule has 102 valence electrons. The highest BCUT2D eigenvalue weighted by Crippen LogP contribution is 2.20. The molecule has 4 nitrogen and oxygen atoms in total. The maximum atomic E-state index is 12.3. The molecule has 5 heteroatoms. The van der Waals surface area contributed by atoms with Crippen molar-refractivity contribution < 1.29 is 4.79 Å². The quantitative estimate of drug-likeness (QED) is 0.795. The number of carbonyl (C=O) groups is 1. The summed E-state index contributed by atoms with van der Waals surface area (Å²) in [5, 5.41) is 1.00. The van der Waals surface area contributed by atoms with Crippen molar-refractivity contribution in [2.45, 2.75) is 33.2 Å². The van der Waals surface area contributed by atoms with Gasteiger partial charge in [0.1, 0.15) is 9.88 Å².